The molecule has 2 N–H and O–H groups in total. The minimum absolute atomic E-state index is 0.327. The van der Waals surface area contributed by atoms with Gasteiger partial charge in [0.25, 0.3) is 0 Å². The van der Waals surface area contributed by atoms with Crippen molar-refractivity contribution in [2.45, 2.75) is 6.92 Å². The van der Waals surface area contributed by atoms with Crippen molar-refractivity contribution in [3.8, 4) is 6.07 Å². The van der Waals surface area contributed by atoms with Crippen LogP contribution in [0.15, 0.2) is 35.6 Å². The zero-order chi connectivity index (χ0) is 12.3. The Morgan fingerprint density at radius 2 is 2.24 bits per heavy atom. The van der Waals surface area contributed by atoms with Gasteiger partial charge >= 0.3 is 0 Å². The monoisotopic (exact) mass is 225 g/mol. The van der Waals surface area contributed by atoms with Gasteiger partial charge in [0.15, 0.2) is 0 Å². The maximum Gasteiger partial charge on any atom is 0.221 e. The number of nitrogens with two attached hydrogens (primary N) is 1. The number of aryl methyl sites for hydroxylation is 1. The first-order chi connectivity index (χ1) is 8.20. The summed E-state index contributed by atoms with van der Waals surface area (Å²) in [5.74, 6) is 0.327. The third kappa shape index (κ3) is 2.32. The Bertz CT molecular complexity index is 604. The Morgan fingerprint density at radius 1 is 1.47 bits per heavy atom. The molecular formula is C12H11N5. The molecule has 0 aliphatic heterocycles. The van der Waals surface area contributed by atoms with Crippen molar-refractivity contribution < 1.29 is 0 Å². The summed E-state index contributed by atoms with van der Waals surface area (Å²) in [5, 5.41) is 13.1. The first-order valence-electron chi connectivity index (χ1n) is 5.05. The minimum atomic E-state index is 0.327. The van der Waals surface area contributed by atoms with E-state index in [9.17, 15) is 0 Å². The highest BCUT2D eigenvalue weighted by molar-refractivity contribution is 5.83. The molecule has 0 saturated heterocycles. The van der Waals surface area contributed by atoms with Crippen molar-refractivity contribution in [1.82, 2.24) is 9.66 Å². The molecule has 0 radical (unpaired) electrons. The fourth-order valence-corrected chi connectivity index (χ4v) is 1.43. The highest BCUT2D eigenvalue weighted by Gasteiger charge is 2.00. The molecule has 17 heavy (non-hydrogen) atoms. The topological polar surface area (TPSA) is 80.0 Å². The van der Waals surface area contributed by atoms with E-state index in [-0.39, 0.29) is 0 Å². The summed E-state index contributed by atoms with van der Waals surface area (Å²) < 4.78 is 1.48. The molecule has 1 aromatic heterocycles. The molecule has 1 heterocycles. The van der Waals surface area contributed by atoms with Gasteiger partial charge in [-0.25, -0.2) is 9.66 Å². The Balaban J connectivity index is 2.33. The summed E-state index contributed by atoms with van der Waals surface area (Å²) in [6.07, 6.45) is 3.32. The fourth-order valence-electron chi connectivity index (χ4n) is 1.43. The number of imidazole rings is 1. The predicted molar refractivity (Wildman–Crippen MR) is 65.5 cm³/mol. The van der Waals surface area contributed by atoms with E-state index >= 15 is 0 Å². The molecule has 0 aliphatic rings. The van der Waals surface area contributed by atoms with Crippen LogP contribution in [-0.4, -0.2) is 15.9 Å². The van der Waals surface area contributed by atoms with Gasteiger partial charge in [-0.2, -0.15) is 10.4 Å². The molecule has 1 aromatic carbocycles. The van der Waals surface area contributed by atoms with E-state index < -0.39 is 0 Å². The highest BCUT2D eigenvalue weighted by Crippen LogP contribution is 2.06. The quantitative estimate of drug-likeness (QED) is 0.787. The van der Waals surface area contributed by atoms with Gasteiger partial charge in [0.05, 0.1) is 29.7 Å². The van der Waals surface area contributed by atoms with Crippen LogP contribution < -0.4 is 5.73 Å². The third-order valence-corrected chi connectivity index (χ3v) is 2.24. The van der Waals surface area contributed by atoms with E-state index in [1.807, 2.05) is 25.1 Å². The molecule has 2 rings (SSSR count). The second kappa shape index (κ2) is 4.49. The van der Waals surface area contributed by atoms with Gasteiger partial charge in [0, 0.05) is 5.56 Å². The van der Waals surface area contributed by atoms with E-state index in [0.29, 0.717) is 11.5 Å². The number of nitrogens with zero attached hydrogens (tertiary/aromatic N) is 4. The van der Waals surface area contributed by atoms with Gasteiger partial charge in [-0.1, -0.05) is 18.2 Å². The van der Waals surface area contributed by atoms with Gasteiger partial charge in [0.1, 0.15) is 0 Å². The van der Waals surface area contributed by atoms with E-state index in [1.54, 1.807) is 18.5 Å². The van der Waals surface area contributed by atoms with Gasteiger partial charge in [-0.05, 0) is 13.0 Å². The lowest BCUT2D eigenvalue weighted by Gasteiger charge is -1.97. The smallest absolute Gasteiger partial charge is 0.221 e. The van der Waals surface area contributed by atoms with Crippen molar-refractivity contribution in [2.75, 3.05) is 5.73 Å². The number of benzene rings is 1. The van der Waals surface area contributed by atoms with Crippen LogP contribution in [-0.2, 0) is 0 Å². The van der Waals surface area contributed by atoms with Crippen LogP contribution in [0.1, 0.15) is 16.8 Å². The number of nitriles is 1. The van der Waals surface area contributed by atoms with E-state index in [4.69, 9.17) is 11.0 Å². The Morgan fingerprint density at radius 3 is 2.88 bits per heavy atom. The molecule has 5 nitrogen and oxygen atoms in total. The summed E-state index contributed by atoms with van der Waals surface area (Å²) in [7, 11) is 0. The molecule has 0 atom stereocenters. The summed E-state index contributed by atoms with van der Waals surface area (Å²) in [4.78, 5) is 4.03. The first kappa shape index (κ1) is 10.9. The van der Waals surface area contributed by atoms with Crippen molar-refractivity contribution in [2.24, 2.45) is 5.10 Å². The zero-order valence-corrected chi connectivity index (χ0v) is 9.33. The van der Waals surface area contributed by atoms with E-state index in [0.717, 1.165) is 11.3 Å². The highest BCUT2D eigenvalue weighted by atomic mass is 15.4. The molecule has 0 fully saturated rings. The fraction of sp³-hybridized carbons (Fsp3) is 0.0833. The molecule has 0 bridgehead atoms. The van der Waals surface area contributed by atoms with Crippen LogP contribution in [0.5, 0.6) is 0 Å². The summed E-state index contributed by atoms with van der Waals surface area (Å²) in [6.45, 7) is 1.84. The minimum Gasteiger partial charge on any atom is -0.368 e. The molecule has 84 valence electrons. The molecule has 0 saturated carbocycles. The van der Waals surface area contributed by atoms with Gasteiger partial charge < -0.3 is 5.73 Å². The van der Waals surface area contributed by atoms with Crippen molar-refractivity contribution >= 4 is 12.2 Å². The lowest BCUT2D eigenvalue weighted by molar-refractivity contribution is 0.897. The number of hydrogen-bond donors (Lipinski definition) is 1. The zero-order valence-electron chi connectivity index (χ0n) is 9.33. The second-order valence-corrected chi connectivity index (χ2v) is 3.53. The van der Waals surface area contributed by atoms with Crippen LogP contribution in [0.3, 0.4) is 0 Å². The maximum atomic E-state index is 8.92. The summed E-state index contributed by atoms with van der Waals surface area (Å²) >= 11 is 0. The van der Waals surface area contributed by atoms with Gasteiger partial charge in [-0.15, -0.1) is 0 Å². The van der Waals surface area contributed by atoms with E-state index in [1.165, 1.54) is 4.68 Å². The number of aromatic nitrogens is 2. The standard InChI is InChI=1S/C12H11N5/c1-9-8-17(12(14)16-9)15-7-11-5-3-2-4-10(11)6-13/h2-5,7-8H,1H3,(H2,14,16). The van der Waals surface area contributed by atoms with Crippen LogP contribution in [0, 0.1) is 18.3 Å². The number of rotatable bonds is 2. The Hall–Kier alpha value is -2.61. The average molecular weight is 225 g/mol. The molecule has 0 unspecified atom stereocenters. The molecule has 0 aliphatic carbocycles. The van der Waals surface area contributed by atoms with E-state index in [2.05, 4.69) is 16.2 Å². The number of hydrogen-bond acceptors (Lipinski definition) is 4. The van der Waals surface area contributed by atoms with Crippen LogP contribution in [0.4, 0.5) is 5.95 Å². The molecule has 0 amide bonds. The molecular weight excluding hydrogens is 214 g/mol. The van der Waals surface area contributed by atoms with Crippen LogP contribution in [0.25, 0.3) is 0 Å². The normalized spacial score (nSPS) is 10.6. The van der Waals surface area contributed by atoms with Gasteiger partial charge in [0.2, 0.25) is 5.95 Å². The van der Waals surface area contributed by atoms with Crippen LogP contribution >= 0.6 is 0 Å². The summed E-state index contributed by atoms with van der Waals surface area (Å²) in [6, 6.07) is 9.33. The lowest BCUT2D eigenvalue weighted by atomic mass is 10.1. The summed E-state index contributed by atoms with van der Waals surface area (Å²) in [5.41, 5.74) is 7.77. The maximum absolute atomic E-state index is 8.92. The largest absolute Gasteiger partial charge is 0.368 e. The first-order valence-corrected chi connectivity index (χ1v) is 5.05. The number of nitrogen functional groups attached to an aromatic ring is 1. The van der Waals surface area contributed by atoms with Crippen molar-refractivity contribution in [3.63, 3.8) is 0 Å². The Labute approximate surface area is 98.8 Å². The second-order valence-electron chi connectivity index (χ2n) is 3.53. The predicted octanol–water partition coefficient (Wildman–Crippen LogP) is 1.53. The average Bonchev–Trinajstić information content (AvgIpc) is 2.65. The molecule has 0 spiro atoms. The van der Waals surface area contributed by atoms with Crippen molar-refractivity contribution in [1.29, 1.82) is 5.26 Å². The van der Waals surface area contributed by atoms with Crippen molar-refractivity contribution in [3.05, 3.63) is 47.3 Å². The van der Waals surface area contributed by atoms with Crippen LogP contribution in [0.2, 0.25) is 0 Å². The SMILES string of the molecule is Cc1cn(N=Cc2ccccc2C#N)c(N)n1. The lowest BCUT2D eigenvalue weighted by Crippen LogP contribution is -1.97. The number of anilines is 1. The third-order valence-electron chi connectivity index (χ3n) is 2.24. The Kier molecular flexibility index (Phi) is 2.88. The molecule has 2 aromatic rings. The van der Waals surface area contributed by atoms with Gasteiger partial charge in [-0.3, -0.25) is 0 Å². The molecule has 5 heteroatoms.